The Morgan fingerprint density at radius 2 is 1.04 bits per heavy atom. The average molecular weight is 654 g/mol. The van der Waals surface area contributed by atoms with Crippen LogP contribution >= 0.6 is 0 Å². The fourth-order valence-corrected chi connectivity index (χ4v) is 7.49. The summed E-state index contributed by atoms with van der Waals surface area (Å²) in [5.41, 5.74) is 12.3. The topological polar surface area (TPSA) is 22.8 Å². The van der Waals surface area contributed by atoms with Gasteiger partial charge in [0, 0.05) is 27.2 Å². The van der Waals surface area contributed by atoms with Gasteiger partial charge in [0.05, 0.1) is 27.8 Å². The molecule has 51 heavy (non-hydrogen) atoms. The molecule has 0 unspecified atom stereocenters. The predicted molar refractivity (Wildman–Crippen MR) is 217 cm³/mol. The summed E-state index contributed by atoms with van der Waals surface area (Å²) in [5, 5.41) is 4.87. The van der Waals surface area contributed by atoms with Crippen LogP contribution in [-0.4, -0.2) is 14.1 Å². The monoisotopic (exact) mass is 653 g/mol. The molecule has 0 amide bonds. The molecule has 0 radical (unpaired) electrons. The second kappa shape index (κ2) is 12.6. The summed E-state index contributed by atoms with van der Waals surface area (Å²) < 4.78 is 4.66. The minimum Gasteiger partial charge on any atom is -0.309 e. The van der Waals surface area contributed by atoms with Gasteiger partial charge in [-0.25, -0.2) is 4.98 Å². The van der Waals surface area contributed by atoms with E-state index in [9.17, 15) is 0 Å². The Bertz CT molecular complexity index is 2800. The number of rotatable bonds is 8. The van der Waals surface area contributed by atoms with Gasteiger partial charge in [-0.05, 0) is 94.9 Å². The number of aromatic nitrogens is 3. The van der Waals surface area contributed by atoms with Crippen LogP contribution in [0.1, 0.15) is 12.1 Å². The molecule has 6 aromatic carbocycles. The molecule has 3 heteroatoms. The van der Waals surface area contributed by atoms with Crippen molar-refractivity contribution in [2.75, 3.05) is 0 Å². The molecule has 0 saturated carbocycles. The lowest BCUT2D eigenvalue weighted by molar-refractivity contribution is 1.07. The summed E-state index contributed by atoms with van der Waals surface area (Å²) in [6.07, 6.45) is 6.66. The highest BCUT2D eigenvalue weighted by atomic mass is 15.1. The highest BCUT2D eigenvalue weighted by Gasteiger charge is 2.18. The molecule has 0 aliphatic carbocycles. The first kappa shape index (κ1) is 30.4. The molecule has 0 saturated heterocycles. The van der Waals surface area contributed by atoms with Crippen LogP contribution < -0.4 is 0 Å². The van der Waals surface area contributed by atoms with Crippen LogP contribution in [0.3, 0.4) is 0 Å². The number of fused-ring (bicyclic) bond motifs is 6. The maximum absolute atomic E-state index is 5.28. The van der Waals surface area contributed by atoms with Crippen molar-refractivity contribution >= 4 is 49.2 Å². The third kappa shape index (κ3) is 5.19. The minimum atomic E-state index is 0.741. The molecule has 9 aromatic rings. The quantitative estimate of drug-likeness (QED) is 0.118. The zero-order valence-electron chi connectivity index (χ0n) is 28.2. The van der Waals surface area contributed by atoms with Crippen LogP contribution in [0.15, 0.2) is 189 Å². The van der Waals surface area contributed by atoms with Gasteiger partial charge in [0.15, 0.2) is 0 Å². The number of pyridine rings is 1. The Balaban J connectivity index is 1.24. The molecule has 0 aliphatic heterocycles. The van der Waals surface area contributed by atoms with Gasteiger partial charge in [0.2, 0.25) is 0 Å². The molecule has 3 nitrogen and oxygen atoms in total. The van der Waals surface area contributed by atoms with E-state index in [0.29, 0.717) is 0 Å². The van der Waals surface area contributed by atoms with Crippen LogP contribution in [0.2, 0.25) is 0 Å². The highest BCUT2D eigenvalue weighted by Crippen LogP contribution is 2.38. The van der Waals surface area contributed by atoms with Gasteiger partial charge in [0.1, 0.15) is 5.82 Å². The second-order valence-electron chi connectivity index (χ2n) is 12.9. The number of hydrogen-bond donors (Lipinski definition) is 0. The number of benzene rings is 6. The summed E-state index contributed by atoms with van der Waals surface area (Å²) in [4.78, 5) is 5.28. The van der Waals surface area contributed by atoms with Crippen LogP contribution in [0.4, 0.5) is 0 Å². The van der Waals surface area contributed by atoms with E-state index < -0.39 is 0 Å². The second-order valence-corrected chi connectivity index (χ2v) is 12.9. The molecule has 0 atom stereocenters. The van der Waals surface area contributed by atoms with E-state index in [-0.39, 0.29) is 0 Å². The summed E-state index contributed by atoms with van der Waals surface area (Å²) >= 11 is 0. The van der Waals surface area contributed by atoms with E-state index in [2.05, 4.69) is 186 Å². The molecule has 3 aromatic heterocycles. The average Bonchev–Trinajstić information content (AvgIpc) is 3.71. The summed E-state index contributed by atoms with van der Waals surface area (Å²) in [7, 11) is 0. The number of para-hydroxylation sites is 3. The van der Waals surface area contributed by atoms with Gasteiger partial charge in [-0.2, -0.15) is 0 Å². The van der Waals surface area contributed by atoms with E-state index in [1.807, 2.05) is 12.2 Å². The van der Waals surface area contributed by atoms with Crippen LogP contribution in [0.5, 0.6) is 0 Å². The first-order chi connectivity index (χ1) is 25.2. The lowest BCUT2D eigenvalue weighted by Gasteiger charge is -2.13. The lowest BCUT2D eigenvalue weighted by atomic mass is 10.0. The molecule has 9 rings (SSSR count). The first-order valence-corrected chi connectivity index (χ1v) is 17.4. The van der Waals surface area contributed by atoms with Gasteiger partial charge >= 0.3 is 0 Å². The van der Waals surface area contributed by atoms with Crippen molar-refractivity contribution in [2.45, 2.75) is 6.42 Å². The Kier molecular flexibility index (Phi) is 7.52. The SMILES string of the molecule is C=CC/C=C(\C=C)c1cc(-c2ccccc2)cc(-n2c3ccccc3c3cc(-c4ccc5c(c4)c4ccccc4n5-c4ccccc4)ccc32)n1. The van der Waals surface area contributed by atoms with Gasteiger partial charge in [-0.3, -0.25) is 4.57 Å². The Labute approximate surface area is 297 Å². The fourth-order valence-electron chi connectivity index (χ4n) is 7.49. The van der Waals surface area contributed by atoms with Gasteiger partial charge in [-0.15, -0.1) is 6.58 Å². The molecule has 242 valence electrons. The molecule has 0 bridgehead atoms. The third-order valence-corrected chi connectivity index (χ3v) is 9.86. The molecular formula is C48H35N3. The van der Waals surface area contributed by atoms with Crippen molar-refractivity contribution in [1.82, 2.24) is 14.1 Å². The van der Waals surface area contributed by atoms with Gasteiger partial charge in [-0.1, -0.05) is 122 Å². The predicted octanol–water partition coefficient (Wildman–Crippen LogP) is 12.8. The molecule has 3 heterocycles. The first-order valence-electron chi connectivity index (χ1n) is 17.4. The number of hydrogen-bond acceptors (Lipinski definition) is 1. The van der Waals surface area contributed by atoms with Crippen molar-refractivity contribution in [1.29, 1.82) is 0 Å². The van der Waals surface area contributed by atoms with E-state index in [1.54, 1.807) is 0 Å². The maximum Gasteiger partial charge on any atom is 0.138 e. The van der Waals surface area contributed by atoms with E-state index >= 15 is 0 Å². The van der Waals surface area contributed by atoms with Crippen molar-refractivity contribution in [2.24, 2.45) is 0 Å². The van der Waals surface area contributed by atoms with Crippen molar-refractivity contribution in [3.63, 3.8) is 0 Å². The van der Waals surface area contributed by atoms with E-state index in [1.165, 1.54) is 43.7 Å². The largest absolute Gasteiger partial charge is 0.309 e. The normalized spacial score (nSPS) is 11.9. The highest BCUT2D eigenvalue weighted by molar-refractivity contribution is 6.12. The maximum atomic E-state index is 5.28. The van der Waals surface area contributed by atoms with Crippen LogP contribution in [0.25, 0.3) is 82.9 Å². The summed E-state index contributed by atoms with van der Waals surface area (Å²) in [6.45, 7) is 8.04. The standard InChI is InChI=1S/C48H35N3/c1-3-5-16-33(4-2)43-31-37(34-17-8-6-9-18-34)32-48(49-43)51-45-24-15-13-22-40(45)42-30-36(26-28-47(42)51)35-25-27-46-41(29-35)39-21-12-14-23-44(39)50(46)38-19-10-7-11-20-38/h3-4,6-32H,1-2,5H2/b33-16+. The van der Waals surface area contributed by atoms with E-state index in [4.69, 9.17) is 4.98 Å². The zero-order valence-corrected chi connectivity index (χ0v) is 28.2. The summed E-state index contributed by atoms with van der Waals surface area (Å²) in [5.74, 6) is 0.867. The van der Waals surface area contributed by atoms with Crippen LogP contribution in [0, 0.1) is 0 Å². The Morgan fingerprint density at radius 3 is 1.67 bits per heavy atom. The van der Waals surface area contributed by atoms with Crippen LogP contribution in [-0.2, 0) is 0 Å². The smallest absolute Gasteiger partial charge is 0.138 e. The fraction of sp³-hybridized carbons (Fsp3) is 0.0208. The molecular weight excluding hydrogens is 619 g/mol. The van der Waals surface area contributed by atoms with Crippen molar-refractivity contribution < 1.29 is 0 Å². The summed E-state index contributed by atoms with van der Waals surface area (Å²) in [6, 6.07) is 56.5. The number of nitrogens with zero attached hydrogens (tertiary/aromatic N) is 3. The zero-order chi connectivity index (χ0) is 34.3. The van der Waals surface area contributed by atoms with Gasteiger partial charge in [0.25, 0.3) is 0 Å². The minimum absolute atomic E-state index is 0.741. The molecule has 0 N–H and O–H groups in total. The van der Waals surface area contributed by atoms with Gasteiger partial charge < -0.3 is 4.57 Å². The third-order valence-electron chi connectivity index (χ3n) is 9.86. The molecule has 0 spiro atoms. The molecule has 0 fully saturated rings. The number of allylic oxidation sites excluding steroid dienone is 4. The molecule has 0 aliphatic rings. The Hall–Kier alpha value is -6.71. The van der Waals surface area contributed by atoms with Crippen molar-refractivity contribution in [3.05, 3.63) is 195 Å². The van der Waals surface area contributed by atoms with E-state index in [0.717, 1.165) is 51.4 Å². The van der Waals surface area contributed by atoms with Crippen molar-refractivity contribution in [3.8, 4) is 33.8 Å². The lowest BCUT2D eigenvalue weighted by Crippen LogP contribution is -2.01. The Morgan fingerprint density at radius 1 is 0.490 bits per heavy atom.